The molecule has 2 heterocycles. The van der Waals surface area contributed by atoms with Gasteiger partial charge in [-0.25, -0.2) is 0 Å². The van der Waals surface area contributed by atoms with E-state index in [0.717, 1.165) is 41.2 Å². The summed E-state index contributed by atoms with van der Waals surface area (Å²) in [6.45, 7) is 0. The van der Waals surface area contributed by atoms with Crippen molar-refractivity contribution in [3.05, 3.63) is 114 Å². The van der Waals surface area contributed by atoms with E-state index in [9.17, 15) is 0 Å². The topological polar surface area (TPSA) is 25.8 Å². The summed E-state index contributed by atoms with van der Waals surface area (Å²) in [5.41, 5.74) is 6.49. The van der Waals surface area contributed by atoms with Crippen LogP contribution in [0.15, 0.2) is 96.8 Å². The Morgan fingerprint density at radius 1 is 0.757 bits per heavy atom. The predicted molar refractivity (Wildman–Crippen MR) is 159 cm³/mol. The highest BCUT2D eigenvalue weighted by Crippen LogP contribution is 2.69. The molecule has 3 aromatic rings. The first kappa shape index (κ1) is 23.9. The van der Waals surface area contributed by atoms with Crippen molar-refractivity contribution in [1.29, 1.82) is 0 Å². The van der Waals surface area contributed by atoms with Crippen molar-refractivity contribution in [2.45, 2.75) is 37.3 Å². The number of allylic oxidation sites excluding steroid dienone is 4. The number of rotatable bonds is 6. The molecule has 3 atom stereocenters. The second kappa shape index (κ2) is 9.25. The molecule has 0 N–H and O–H groups in total. The minimum Gasteiger partial charge on any atom is -0.260 e. The average molecular weight is 523 g/mol. The van der Waals surface area contributed by atoms with Crippen molar-refractivity contribution in [2.75, 3.05) is 6.16 Å². The van der Waals surface area contributed by atoms with E-state index in [1.807, 2.05) is 24.5 Å². The molecule has 37 heavy (non-hydrogen) atoms. The largest absolute Gasteiger partial charge is 0.260 e. The molecule has 2 nitrogen and oxygen atoms in total. The summed E-state index contributed by atoms with van der Waals surface area (Å²) in [4.78, 5) is 9.92. The van der Waals surface area contributed by atoms with Crippen LogP contribution in [-0.2, 0) is 5.16 Å². The fourth-order valence-electron chi connectivity index (χ4n) is 8.84. The molecular formula is C33H36N2P2. The van der Waals surface area contributed by atoms with Crippen molar-refractivity contribution in [3.8, 4) is 0 Å². The molecule has 0 amide bonds. The van der Waals surface area contributed by atoms with Crippen LogP contribution in [0.5, 0.6) is 0 Å². The molecule has 2 aromatic heterocycles. The molecule has 1 aromatic carbocycles. The molecule has 4 bridgehead atoms. The number of aromatic nitrogens is 2. The Balaban J connectivity index is 1.45. The van der Waals surface area contributed by atoms with Crippen LogP contribution in [0.4, 0.5) is 0 Å². The summed E-state index contributed by atoms with van der Waals surface area (Å²) in [5.74, 6) is 3.85. The Hall–Kier alpha value is -2.14. The zero-order valence-electron chi connectivity index (χ0n) is 21.3. The number of pyridine rings is 2. The maximum absolute atomic E-state index is 4.96. The van der Waals surface area contributed by atoms with E-state index in [4.69, 9.17) is 9.97 Å². The number of hydrogen-bond donors (Lipinski definition) is 0. The van der Waals surface area contributed by atoms with Crippen LogP contribution in [0, 0.1) is 35.0 Å². The molecule has 4 fully saturated rings. The summed E-state index contributed by atoms with van der Waals surface area (Å²) in [7, 11) is 6.49. The lowest BCUT2D eigenvalue weighted by atomic mass is 9.42. The lowest BCUT2D eigenvalue weighted by Gasteiger charge is -2.64. The summed E-state index contributed by atoms with van der Waals surface area (Å²) >= 11 is 0. The lowest BCUT2D eigenvalue weighted by Crippen LogP contribution is -2.57. The maximum Gasteiger partial charge on any atom is 0.0902 e. The average Bonchev–Trinajstić information content (AvgIpc) is 3.41. The van der Waals surface area contributed by atoms with Gasteiger partial charge in [-0.2, -0.15) is 0 Å². The molecule has 0 spiro atoms. The highest BCUT2D eigenvalue weighted by Gasteiger charge is 2.61. The standard InChI is InChI=1S/C33H36N2P2/c36-21-32(26-15-22-14-23(17-26)18-27(32)16-22)28-19-25(24-8-2-1-3-9-24)20-29(28)33(37,30-10-4-6-12-34-30)31-11-5-7-13-35-31/h1-13,19-20,22-23,26-28H,14-18,21,36-37H2. The van der Waals surface area contributed by atoms with E-state index < -0.39 is 5.16 Å². The third-order valence-corrected chi connectivity index (χ3v) is 11.9. The van der Waals surface area contributed by atoms with Crippen LogP contribution < -0.4 is 0 Å². The molecule has 0 saturated heterocycles. The van der Waals surface area contributed by atoms with Crippen molar-refractivity contribution >= 4 is 24.1 Å². The monoisotopic (exact) mass is 522 g/mol. The SMILES string of the molecule is PCC1(C2C=C(c3ccccc3)C=C2C(P)(c2ccccn2)c2ccccn2)C2CC3CC(C2)CC1C3. The summed E-state index contributed by atoms with van der Waals surface area (Å²) in [5, 5.41) is -0.484. The highest BCUT2D eigenvalue weighted by atomic mass is 31.0. The van der Waals surface area contributed by atoms with Gasteiger partial charge in [0.05, 0.1) is 16.5 Å². The van der Waals surface area contributed by atoms with E-state index in [-0.39, 0.29) is 5.41 Å². The van der Waals surface area contributed by atoms with Gasteiger partial charge in [0, 0.05) is 18.3 Å². The van der Waals surface area contributed by atoms with E-state index >= 15 is 0 Å². The number of nitrogens with zero attached hydrogens (tertiary/aromatic N) is 2. The van der Waals surface area contributed by atoms with Crippen LogP contribution in [0.25, 0.3) is 5.57 Å². The first-order valence-corrected chi connectivity index (χ1v) is 15.3. The van der Waals surface area contributed by atoms with Crippen LogP contribution in [0.1, 0.15) is 49.1 Å². The van der Waals surface area contributed by atoms with Gasteiger partial charge in [-0.1, -0.05) is 54.6 Å². The lowest BCUT2D eigenvalue weighted by molar-refractivity contribution is -0.111. The molecule has 0 aliphatic heterocycles. The van der Waals surface area contributed by atoms with Crippen molar-refractivity contribution in [3.63, 3.8) is 0 Å². The summed E-state index contributed by atoms with van der Waals surface area (Å²) in [6.07, 6.45) is 17.3. The van der Waals surface area contributed by atoms with Crippen LogP contribution in [0.3, 0.4) is 0 Å². The second-order valence-corrected chi connectivity index (χ2v) is 13.2. The van der Waals surface area contributed by atoms with Crippen LogP contribution >= 0.6 is 18.5 Å². The van der Waals surface area contributed by atoms with Crippen LogP contribution in [0.2, 0.25) is 0 Å². The maximum atomic E-state index is 4.96. The van der Waals surface area contributed by atoms with Crippen molar-refractivity contribution in [2.24, 2.45) is 35.0 Å². The van der Waals surface area contributed by atoms with E-state index in [1.54, 1.807) is 0 Å². The first-order chi connectivity index (χ1) is 18.1. The van der Waals surface area contributed by atoms with Gasteiger partial charge in [-0.05, 0) is 108 Å². The van der Waals surface area contributed by atoms with Gasteiger partial charge in [-0.15, -0.1) is 18.5 Å². The zero-order valence-corrected chi connectivity index (χ0v) is 23.6. The Morgan fingerprint density at radius 2 is 1.32 bits per heavy atom. The Morgan fingerprint density at radius 3 is 1.84 bits per heavy atom. The fourth-order valence-corrected chi connectivity index (χ4v) is 10.4. The third kappa shape index (κ3) is 3.66. The summed E-state index contributed by atoms with van der Waals surface area (Å²) in [6, 6.07) is 23.6. The van der Waals surface area contributed by atoms with Gasteiger partial charge in [0.2, 0.25) is 0 Å². The molecule has 0 radical (unpaired) electrons. The smallest absolute Gasteiger partial charge is 0.0902 e. The Bertz CT molecular complexity index is 1270. The molecule has 5 aliphatic rings. The van der Waals surface area contributed by atoms with Gasteiger partial charge >= 0.3 is 0 Å². The van der Waals surface area contributed by atoms with Crippen molar-refractivity contribution in [1.82, 2.24) is 9.97 Å². The molecule has 4 heteroatoms. The molecule has 8 rings (SSSR count). The summed E-state index contributed by atoms with van der Waals surface area (Å²) < 4.78 is 0. The number of hydrogen-bond acceptors (Lipinski definition) is 2. The number of benzene rings is 1. The predicted octanol–water partition coefficient (Wildman–Crippen LogP) is 7.55. The van der Waals surface area contributed by atoms with E-state index in [2.05, 4.69) is 85.2 Å². The molecule has 3 unspecified atom stereocenters. The normalized spacial score (nSPS) is 32.3. The van der Waals surface area contributed by atoms with E-state index in [1.165, 1.54) is 48.8 Å². The van der Waals surface area contributed by atoms with Crippen molar-refractivity contribution < 1.29 is 0 Å². The molecule has 188 valence electrons. The quantitative estimate of drug-likeness (QED) is 0.312. The molecule has 4 saturated carbocycles. The fraction of sp³-hybridized carbons (Fsp3) is 0.394. The minimum absolute atomic E-state index is 0.270. The van der Waals surface area contributed by atoms with E-state index in [0.29, 0.717) is 5.92 Å². The van der Waals surface area contributed by atoms with Gasteiger partial charge in [0.1, 0.15) is 0 Å². The van der Waals surface area contributed by atoms with Gasteiger partial charge in [0.15, 0.2) is 0 Å². The van der Waals surface area contributed by atoms with Crippen LogP contribution in [-0.4, -0.2) is 16.1 Å². The van der Waals surface area contributed by atoms with Gasteiger partial charge < -0.3 is 0 Å². The second-order valence-electron chi connectivity index (χ2n) is 11.9. The molecule has 5 aliphatic carbocycles. The first-order valence-electron chi connectivity index (χ1n) is 13.9. The molecular weight excluding hydrogens is 486 g/mol. The zero-order chi connectivity index (χ0) is 25.0. The Kier molecular flexibility index (Phi) is 5.99. The highest BCUT2D eigenvalue weighted by molar-refractivity contribution is 7.19. The third-order valence-electron chi connectivity index (χ3n) is 10.3. The Labute approximate surface area is 225 Å². The minimum atomic E-state index is -0.484. The van der Waals surface area contributed by atoms with Gasteiger partial charge in [0.25, 0.3) is 0 Å². The van der Waals surface area contributed by atoms with Gasteiger partial charge in [-0.3, -0.25) is 9.97 Å².